The van der Waals surface area contributed by atoms with Gasteiger partial charge in [-0.15, -0.1) is 0 Å². The van der Waals surface area contributed by atoms with E-state index in [1.807, 2.05) is 0 Å². The van der Waals surface area contributed by atoms with Gasteiger partial charge in [0.1, 0.15) is 0 Å². The van der Waals surface area contributed by atoms with Crippen molar-refractivity contribution in [1.82, 2.24) is 5.32 Å². The zero-order valence-corrected chi connectivity index (χ0v) is 6.47. The second-order valence-electron chi connectivity index (χ2n) is 2.50. The molecule has 0 radical (unpaired) electrons. The molecule has 10 heavy (non-hydrogen) atoms. The Bertz CT molecular complexity index is 140. The summed E-state index contributed by atoms with van der Waals surface area (Å²) in [5, 5.41) is 11.7. The molecule has 0 amide bonds. The Labute approximate surface area is 65.2 Å². The highest BCUT2D eigenvalue weighted by Crippen LogP contribution is 2.17. The first-order valence-corrected chi connectivity index (χ1v) is 3.85. The van der Waals surface area contributed by atoms with Crippen LogP contribution in [-0.4, -0.2) is 29.4 Å². The number of hydrogen-bond donors (Lipinski definition) is 3. The molecule has 3 nitrogen and oxygen atoms in total. The molecular formula is C6H11NO2S. The van der Waals surface area contributed by atoms with Crippen LogP contribution in [-0.2, 0) is 4.79 Å². The highest BCUT2D eigenvalue weighted by Gasteiger charge is 2.27. The summed E-state index contributed by atoms with van der Waals surface area (Å²) in [7, 11) is 0. The van der Waals surface area contributed by atoms with E-state index in [2.05, 4.69) is 17.9 Å². The third-order valence-electron chi connectivity index (χ3n) is 1.77. The molecule has 1 rings (SSSR count). The van der Waals surface area contributed by atoms with E-state index in [0.717, 1.165) is 6.54 Å². The van der Waals surface area contributed by atoms with Gasteiger partial charge in [-0.1, -0.05) is 0 Å². The van der Waals surface area contributed by atoms with Gasteiger partial charge >= 0.3 is 5.97 Å². The van der Waals surface area contributed by atoms with Gasteiger partial charge in [-0.25, -0.2) is 0 Å². The van der Waals surface area contributed by atoms with Crippen LogP contribution in [0.5, 0.6) is 0 Å². The molecule has 0 unspecified atom stereocenters. The maximum atomic E-state index is 10.5. The van der Waals surface area contributed by atoms with Crippen LogP contribution in [0.2, 0.25) is 0 Å². The van der Waals surface area contributed by atoms with Crippen molar-refractivity contribution in [1.29, 1.82) is 0 Å². The predicted molar refractivity (Wildman–Crippen MR) is 41.4 cm³/mol. The van der Waals surface area contributed by atoms with E-state index >= 15 is 0 Å². The molecule has 4 heteroatoms. The average molecular weight is 161 g/mol. The Morgan fingerprint density at radius 2 is 2.40 bits per heavy atom. The molecule has 58 valence electrons. The van der Waals surface area contributed by atoms with E-state index < -0.39 is 5.97 Å². The number of thiol groups is 1. The van der Waals surface area contributed by atoms with Crippen LogP contribution in [0.1, 0.15) is 6.42 Å². The van der Waals surface area contributed by atoms with Crippen molar-refractivity contribution in [2.45, 2.75) is 11.7 Å². The van der Waals surface area contributed by atoms with E-state index in [9.17, 15) is 4.79 Å². The van der Waals surface area contributed by atoms with Crippen molar-refractivity contribution >= 4 is 18.6 Å². The van der Waals surface area contributed by atoms with Gasteiger partial charge < -0.3 is 10.4 Å². The van der Waals surface area contributed by atoms with Gasteiger partial charge in [0, 0.05) is 11.8 Å². The summed E-state index contributed by atoms with van der Waals surface area (Å²) in [6.07, 6.45) is 0.698. The molecule has 1 saturated heterocycles. The molecule has 2 atom stereocenters. The number of nitrogens with one attached hydrogen (secondary N) is 1. The summed E-state index contributed by atoms with van der Waals surface area (Å²) in [4.78, 5) is 10.5. The minimum Gasteiger partial charge on any atom is -0.481 e. The third-order valence-corrected chi connectivity index (χ3v) is 2.31. The van der Waals surface area contributed by atoms with Crippen molar-refractivity contribution in [2.24, 2.45) is 5.92 Å². The SMILES string of the molecule is O=C(O)[C@@H]1CCNC[C@H]1S. The van der Waals surface area contributed by atoms with Gasteiger partial charge in [0.2, 0.25) is 0 Å². The molecule has 1 aliphatic heterocycles. The van der Waals surface area contributed by atoms with Crippen molar-refractivity contribution in [3.8, 4) is 0 Å². The van der Waals surface area contributed by atoms with Crippen LogP contribution in [0, 0.1) is 5.92 Å². The number of aliphatic carboxylic acids is 1. The van der Waals surface area contributed by atoms with Crippen LogP contribution in [0.3, 0.4) is 0 Å². The Balaban J connectivity index is 2.47. The smallest absolute Gasteiger partial charge is 0.307 e. The van der Waals surface area contributed by atoms with Gasteiger partial charge in [0.25, 0.3) is 0 Å². The summed E-state index contributed by atoms with van der Waals surface area (Å²) in [6, 6.07) is 0. The van der Waals surface area contributed by atoms with Gasteiger partial charge in [-0.2, -0.15) is 12.6 Å². The lowest BCUT2D eigenvalue weighted by Gasteiger charge is -2.24. The summed E-state index contributed by atoms with van der Waals surface area (Å²) in [5.41, 5.74) is 0. The van der Waals surface area contributed by atoms with Crippen LogP contribution >= 0.6 is 12.6 Å². The summed E-state index contributed by atoms with van der Waals surface area (Å²) >= 11 is 4.15. The standard InChI is InChI=1S/C6H11NO2S/c8-6(9)4-1-2-7-3-5(4)10/h4-5,7,10H,1-3H2,(H,8,9)/t4-,5-/m1/s1. The van der Waals surface area contributed by atoms with Crippen LogP contribution < -0.4 is 5.32 Å². The Morgan fingerprint density at radius 3 is 2.80 bits per heavy atom. The lowest BCUT2D eigenvalue weighted by molar-refractivity contribution is -0.142. The van der Waals surface area contributed by atoms with E-state index in [0.29, 0.717) is 13.0 Å². The molecule has 0 saturated carbocycles. The van der Waals surface area contributed by atoms with E-state index in [1.54, 1.807) is 0 Å². The lowest BCUT2D eigenvalue weighted by Crippen LogP contribution is -2.41. The van der Waals surface area contributed by atoms with Gasteiger partial charge in [-0.3, -0.25) is 4.79 Å². The second-order valence-corrected chi connectivity index (χ2v) is 3.17. The second kappa shape index (κ2) is 3.25. The third kappa shape index (κ3) is 1.64. The van der Waals surface area contributed by atoms with Gasteiger partial charge in [-0.05, 0) is 13.0 Å². The molecule has 0 spiro atoms. The maximum absolute atomic E-state index is 10.5. The monoisotopic (exact) mass is 161 g/mol. The molecule has 0 aliphatic carbocycles. The number of piperidine rings is 1. The van der Waals surface area contributed by atoms with Crippen LogP contribution in [0.15, 0.2) is 0 Å². The minimum atomic E-state index is -0.721. The fourth-order valence-electron chi connectivity index (χ4n) is 1.13. The fourth-order valence-corrected chi connectivity index (χ4v) is 1.54. The maximum Gasteiger partial charge on any atom is 0.307 e. The number of carboxylic acid groups (broad SMARTS) is 1. The van der Waals surface area contributed by atoms with Crippen molar-refractivity contribution in [2.75, 3.05) is 13.1 Å². The quantitative estimate of drug-likeness (QED) is 0.474. The number of carboxylic acids is 1. The topological polar surface area (TPSA) is 49.3 Å². The fraction of sp³-hybridized carbons (Fsp3) is 0.833. The average Bonchev–Trinajstić information content (AvgIpc) is 1.88. The minimum absolute atomic E-state index is 0.0220. The summed E-state index contributed by atoms with van der Waals surface area (Å²) in [5.74, 6) is -0.980. The van der Waals surface area contributed by atoms with Crippen molar-refractivity contribution in [3.05, 3.63) is 0 Å². The molecular weight excluding hydrogens is 150 g/mol. The first kappa shape index (κ1) is 7.88. The first-order chi connectivity index (χ1) is 4.72. The van der Waals surface area contributed by atoms with Crippen molar-refractivity contribution < 1.29 is 9.90 Å². The number of rotatable bonds is 1. The highest BCUT2D eigenvalue weighted by atomic mass is 32.1. The Hall–Kier alpha value is -0.220. The number of carbonyl (C=O) groups is 1. The van der Waals surface area contributed by atoms with Gasteiger partial charge in [0.05, 0.1) is 5.92 Å². The Morgan fingerprint density at radius 1 is 1.70 bits per heavy atom. The molecule has 2 N–H and O–H groups in total. The highest BCUT2D eigenvalue weighted by molar-refractivity contribution is 7.81. The molecule has 0 aromatic carbocycles. The zero-order chi connectivity index (χ0) is 7.56. The van der Waals surface area contributed by atoms with E-state index in [-0.39, 0.29) is 11.2 Å². The predicted octanol–water partition coefficient (Wildman–Crippen LogP) is -0.0211. The zero-order valence-electron chi connectivity index (χ0n) is 5.58. The Kier molecular flexibility index (Phi) is 2.56. The van der Waals surface area contributed by atoms with Crippen molar-refractivity contribution in [3.63, 3.8) is 0 Å². The molecule has 0 aromatic rings. The van der Waals surface area contributed by atoms with E-state index in [4.69, 9.17) is 5.11 Å². The molecule has 1 fully saturated rings. The summed E-state index contributed by atoms with van der Waals surface area (Å²) < 4.78 is 0. The first-order valence-electron chi connectivity index (χ1n) is 3.33. The van der Waals surface area contributed by atoms with Gasteiger partial charge in [0.15, 0.2) is 0 Å². The summed E-state index contributed by atoms with van der Waals surface area (Å²) in [6.45, 7) is 1.51. The van der Waals surface area contributed by atoms with Crippen LogP contribution in [0.25, 0.3) is 0 Å². The lowest BCUT2D eigenvalue weighted by atomic mass is 9.98. The molecule has 0 bridgehead atoms. The van der Waals surface area contributed by atoms with E-state index in [1.165, 1.54) is 0 Å². The normalized spacial score (nSPS) is 33.7. The largest absolute Gasteiger partial charge is 0.481 e. The van der Waals surface area contributed by atoms with Crippen LogP contribution in [0.4, 0.5) is 0 Å². The molecule has 1 heterocycles. The number of hydrogen-bond acceptors (Lipinski definition) is 3. The molecule has 1 aliphatic rings. The molecule has 0 aromatic heterocycles.